The molecule has 0 fully saturated rings. The highest BCUT2D eigenvalue weighted by Gasteiger charge is 2.31. The molecule has 1 rings (SSSR count). The fraction of sp³-hybridized carbons (Fsp3) is 0.588. The highest BCUT2D eigenvalue weighted by molar-refractivity contribution is 5.56. The Kier molecular flexibility index (Phi) is 6.69. The van der Waals surface area contributed by atoms with Gasteiger partial charge in [0.05, 0.1) is 18.6 Å². The third kappa shape index (κ3) is 5.05. The van der Waals surface area contributed by atoms with Gasteiger partial charge in [-0.3, -0.25) is 0 Å². The standard InChI is InChI=1S/C17H27NO3/c1-6-11-17(3,21-5)14(2)12-18(19)13-15-7-9-16(20-4)10-8-15/h7-10,12,14H,6,11,13H2,1-5H3/b18-12-. The van der Waals surface area contributed by atoms with Gasteiger partial charge in [-0.1, -0.05) is 20.3 Å². The Morgan fingerprint density at radius 1 is 1.29 bits per heavy atom. The van der Waals surface area contributed by atoms with Gasteiger partial charge in [-0.2, -0.15) is 0 Å². The number of rotatable bonds is 8. The van der Waals surface area contributed by atoms with Crippen LogP contribution in [-0.2, 0) is 11.3 Å². The molecule has 1 aromatic carbocycles. The SMILES string of the molecule is CCCC(C)(OC)C(C)/C=[N+](\[O-])Cc1ccc(OC)cc1. The lowest BCUT2D eigenvalue weighted by atomic mass is 9.87. The minimum atomic E-state index is -0.294. The molecule has 21 heavy (non-hydrogen) atoms. The topological polar surface area (TPSA) is 44.5 Å². The third-order valence-electron chi connectivity index (χ3n) is 4.06. The van der Waals surface area contributed by atoms with E-state index in [9.17, 15) is 5.21 Å². The van der Waals surface area contributed by atoms with E-state index in [1.165, 1.54) is 0 Å². The van der Waals surface area contributed by atoms with E-state index in [2.05, 4.69) is 13.8 Å². The van der Waals surface area contributed by atoms with Crippen LogP contribution in [0, 0.1) is 11.1 Å². The summed E-state index contributed by atoms with van der Waals surface area (Å²) in [5.41, 5.74) is 0.668. The monoisotopic (exact) mass is 293 g/mol. The Labute approximate surface area is 128 Å². The van der Waals surface area contributed by atoms with E-state index in [-0.39, 0.29) is 11.5 Å². The molecule has 0 saturated heterocycles. The molecule has 0 bridgehead atoms. The molecule has 0 aromatic heterocycles. The summed E-state index contributed by atoms with van der Waals surface area (Å²) in [5, 5.41) is 12.1. The molecule has 0 N–H and O–H groups in total. The Bertz CT molecular complexity index is 456. The van der Waals surface area contributed by atoms with Crippen molar-refractivity contribution in [2.45, 2.75) is 45.8 Å². The van der Waals surface area contributed by atoms with E-state index in [4.69, 9.17) is 9.47 Å². The van der Waals surface area contributed by atoms with Crippen molar-refractivity contribution in [1.82, 2.24) is 0 Å². The van der Waals surface area contributed by atoms with Crippen LogP contribution < -0.4 is 4.74 Å². The molecule has 2 atom stereocenters. The first-order chi connectivity index (χ1) is 9.95. The van der Waals surface area contributed by atoms with Gasteiger partial charge in [0.2, 0.25) is 0 Å². The maximum absolute atomic E-state index is 12.1. The number of hydrogen-bond acceptors (Lipinski definition) is 3. The molecule has 2 unspecified atom stereocenters. The van der Waals surface area contributed by atoms with Crippen molar-refractivity contribution in [3.05, 3.63) is 35.0 Å². The summed E-state index contributed by atoms with van der Waals surface area (Å²) in [4.78, 5) is 0. The molecule has 0 radical (unpaired) electrons. The zero-order valence-electron chi connectivity index (χ0n) is 13.8. The number of hydroxylamine groups is 1. The molecular weight excluding hydrogens is 266 g/mol. The van der Waals surface area contributed by atoms with Crippen molar-refractivity contribution in [3.8, 4) is 5.75 Å². The average molecular weight is 293 g/mol. The summed E-state index contributed by atoms with van der Waals surface area (Å²) in [6.07, 6.45) is 3.67. The smallest absolute Gasteiger partial charge is 0.178 e. The van der Waals surface area contributed by atoms with Crippen LogP contribution in [0.15, 0.2) is 24.3 Å². The van der Waals surface area contributed by atoms with Crippen molar-refractivity contribution in [2.75, 3.05) is 14.2 Å². The maximum Gasteiger partial charge on any atom is 0.178 e. The summed E-state index contributed by atoms with van der Waals surface area (Å²) in [6.45, 7) is 6.54. The normalized spacial score (nSPS) is 16.3. The van der Waals surface area contributed by atoms with Gasteiger partial charge in [-0.05, 0) is 37.6 Å². The maximum atomic E-state index is 12.1. The summed E-state index contributed by atoms with van der Waals surface area (Å²) in [7, 11) is 3.34. The zero-order valence-corrected chi connectivity index (χ0v) is 13.8. The molecule has 0 saturated carbocycles. The predicted octanol–water partition coefficient (Wildman–Crippen LogP) is 3.62. The van der Waals surface area contributed by atoms with E-state index >= 15 is 0 Å². The lowest BCUT2D eigenvalue weighted by Gasteiger charge is -2.31. The Morgan fingerprint density at radius 2 is 1.90 bits per heavy atom. The molecule has 0 heterocycles. The third-order valence-corrected chi connectivity index (χ3v) is 4.06. The van der Waals surface area contributed by atoms with Gasteiger partial charge in [0.15, 0.2) is 12.8 Å². The van der Waals surface area contributed by atoms with Crippen LogP contribution in [0.3, 0.4) is 0 Å². The Morgan fingerprint density at radius 3 is 2.38 bits per heavy atom. The first-order valence-corrected chi connectivity index (χ1v) is 7.42. The summed E-state index contributed by atoms with van der Waals surface area (Å²) >= 11 is 0. The molecule has 0 aliphatic carbocycles. The van der Waals surface area contributed by atoms with Crippen LogP contribution in [0.2, 0.25) is 0 Å². The molecule has 0 spiro atoms. The number of ether oxygens (including phenoxy) is 2. The second-order valence-electron chi connectivity index (χ2n) is 5.63. The fourth-order valence-corrected chi connectivity index (χ4v) is 2.38. The van der Waals surface area contributed by atoms with Crippen molar-refractivity contribution in [1.29, 1.82) is 0 Å². The van der Waals surface area contributed by atoms with Crippen LogP contribution in [0.5, 0.6) is 5.75 Å². The first-order valence-electron chi connectivity index (χ1n) is 7.42. The van der Waals surface area contributed by atoms with Crippen LogP contribution in [-0.4, -0.2) is 30.8 Å². The molecule has 4 nitrogen and oxygen atoms in total. The van der Waals surface area contributed by atoms with Crippen molar-refractivity contribution >= 4 is 6.21 Å². The van der Waals surface area contributed by atoms with Crippen LogP contribution in [0.1, 0.15) is 39.2 Å². The average Bonchev–Trinajstić information content (AvgIpc) is 2.48. The zero-order chi connectivity index (χ0) is 15.9. The van der Waals surface area contributed by atoms with Crippen LogP contribution in [0.25, 0.3) is 0 Å². The molecule has 0 aliphatic heterocycles. The van der Waals surface area contributed by atoms with Gasteiger partial charge in [-0.15, -0.1) is 0 Å². The van der Waals surface area contributed by atoms with Gasteiger partial charge in [0.25, 0.3) is 0 Å². The van der Waals surface area contributed by atoms with E-state index < -0.39 is 0 Å². The van der Waals surface area contributed by atoms with Crippen LogP contribution >= 0.6 is 0 Å². The molecule has 0 aliphatic rings. The number of hydrogen-bond donors (Lipinski definition) is 0. The van der Waals surface area contributed by atoms with Crippen molar-refractivity contribution < 1.29 is 14.2 Å². The van der Waals surface area contributed by atoms with E-state index in [1.54, 1.807) is 20.4 Å². The predicted molar refractivity (Wildman–Crippen MR) is 85.9 cm³/mol. The second kappa shape index (κ2) is 8.03. The number of methoxy groups -OCH3 is 2. The van der Waals surface area contributed by atoms with Gasteiger partial charge in [0, 0.05) is 12.7 Å². The number of nitrogens with zero attached hydrogens (tertiary/aromatic N) is 1. The van der Waals surface area contributed by atoms with Crippen LogP contribution in [0.4, 0.5) is 0 Å². The van der Waals surface area contributed by atoms with E-state index in [0.717, 1.165) is 28.9 Å². The minimum absolute atomic E-state index is 0.0539. The van der Waals surface area contributed by atoms with E-state index in [0.29, 0.717) is 6.54 Å². The molecule has 1 aromatic rings. The molecule has 0 amide bonds. The first kappa shape index (κ1) is 17.5. The quantitative estimate of drug-likeness (QED) is 0.318. The van der Waals surface area contributed by atoms with Gasteiger partial charge >= 0.3 is 0 Å². The lowest BCUT2D eigenvalue weighted by Crippen LogP contribution is -2.37. The van der Waals surface area contributed by atoms with E-state index in [1.807, 2.05) is 31.2 Å². The second-order valence-corrected chi connectivity index (χ2v) is 5.63. The summed E-state index contributed by atoms with van der Waals surface area (Å²) in [5.74, 6) is 0.849. The van der Waals surface area contributed by atoms with Crippen molar-refractivity contribution in [3.63, 3.8) is 0 Å². The van der Waals surface area contributed by atoms with Gasteiger partial charge in [0.1, 0.15) is 5.75 Å². The molecule has 118 valence electrons. The molecular formula is C17H27NO3. The Balaban J connectivity index is 2.74. The highest BCUT2D eigenvalue weighted by atomic mass is 16.5. The summed E-state index contributed by atoms with van der Waals surface area (Å²) < 4.78 is 11.7. The molecule has 4 heteroatoms. The lowest BCUT2D eigenvalue weighted by molar-refractivity contribution is -0.473. The fourth-order valence-electron chi connectivity index (χ4n) is 2.38. The largest absolute Gasteiger partial charge is 0.624 e. The minimum Gasteiger partial charge on any atom is -0.624 e. The summed E-state index contributed by atoms with van der Waals surface area (Å²) in [6, 6.07) is 7.54. The van der Waals surface area contributed by atoms with Gasteiger partial charge < -0.3 is 14.7 Å². The number of benzene rings is 1. The highest BCUT2D eigenvalue weighted by Crippen LogP contribution is 2.25. The van der Waals surface area contributed by atoms with Gasteiger partial charge in [-0.25, -0.2) is 4.74 Å². The van der Waals surface area contributed by atoms with Crippen molar-refractivity contribution in [2.24, 2.45) is 5.92 Å². The Hall–Kier alpha value is -1.55.